The van der Waals surface area contributed by atoms with Gasteiger partial charge in [-0.1, -0.05) is 147 Å². The summed E-state index contributed by atoms with van der Waals surface area (Å²) in [6.07, 6.45) is 8.88. The van der Waals surface area contributed by atoms with Gasteiger partial charge in [0.2, 0.25) is 0 Å². The Morgan fingerprint density at radius 3 is 2.03 bits per heavy atom. The maximum Gasteiger partial charge on any atom is 0.131 e. The smallest absolute Gasteiger partial charge is 0.131 e. The van der Waals surface area contributed by atoms with Crippen LogP contribution in [-0.2, 0) is 10.8 Å². The van der Waals surface area contributed by atoms with Crippen LogP contribution >= 0.6 is 0 Å². The normalized spacial score (nSPS) is 25.4. The molecule has 5 aliphatic rings. The molecule has 0 saturated carbocycles. The van der Waals surface area contributed by atoms with Crippen LogP contribution in [0.15, 0.2) is 205 Å². The fourth-order valence-electron chi connectivity index (χ4n) is 12.1. The molecule has 284 valence electrons. The van der Waals surface area contributed by atoms with Gasteiger partial charge in [-0.15, -0.1) is 0 Å². The predicted molar refractivity (Wildman–Crippen MR) is 240 cm³/mol. The van der Waals surface area contributed by atoms with E-state index in [9.17, 15) is 0 Å². The van der Waals surface area contributed by atoms with E-state index in [0.717, 1.165) is 17.1 Å². The lowest BCUT2D eigenvalue weighted by atomic mass is 9.52. The molecule has 0 fully saturated rings. The second kappa shape index (κ2) is 12.2. The van der Waals surface area contributed by atoms with Gasteiger partial charge in [0.05, 0.1) is 16.6 Å². The van der Waals surface area contributed by atoms with Crippen LogP contribution in [0.2, 0.25) is 0 Å². The highest BCUT2D eigenvalue weighted by Gasteiger charge is 2.61. The van der Waals surface area contributed by atoms with Crippen molar-refractivity contribution in [1.82, 2.24) is 4.98 Å². The fraction of sp³-hybridized carbons (Fsp3) is 0.161. The molecule has 4 bridgehead atoms. The summed E-state index contributed by atoms with van der Waals surface area (Å²) < 4.78 is 7.40. The van der Waals surface area contributed by atoms with Crippen molar-refractivity contribution < 1.29 is 4.74 Å². The van der Waals surface area contributed by atoms with E-state index in [0.29, 0.717) is 0 Å². The quantitative estimate of drug-likeness (QED) is 0.167. The molecule has 7 aromatic rings. The van der Waals surface area contributed by atoms with Crippen LogP contribution in [0.5, 0.6) is 5.75 Å². The summed E-state index contributed by atoms with van der Waals surface area (Å²) in [6, 6.07) is 58.5. The monoisotopic (exact) mass is 760 g/mol. The molecular weight excluding hydrogens is 717 g/mol. The van der Waals surface area contributed by atoms with Crippen LogP contribution in [0.4, 0.5) is 11.4 Å². The van der Waals surface area contributed by atoms with E-state index in [2.05, 4.69) is 201 Å². The summed E-state index contributed by atoms with van der Waals surface area (Å²) in [6.45, 7) is 9.80. The molecule has 1 spiro atoms. The van der Waals surface area contributed by atoms with E-state index in [4.69, 9.17) is 4.74 Å². The number of aromatic nitrogens is 1. The average molecular weight is 761 g/mol. The van der Waals surface area contributed by atoms with Crippen molar-refractivity contribution in [2.45, 2.75) is 44.1 Å². The lowest BCUT2D eigenvalue weighted by molar-refractivity contribution is 0.296. The van der Waals surface area contributed by atoms with Gasteiger partial charge in [0.25, 0.3) is 0 Å². The molecule has 12 rings (SSSR count). The highest BCUT2D eigenvalue weighted by Crippen LogP contribution is 2.69. The second-order valence-electron chi connectivity index (χ2n) is 17.4. The minimum absolute atomic E-state index is 0.00373. The van der Waals surface area contributed by atoms with Gasteiger partial charge in [0.1, 0.15) is 11.5 Å². The standard InChI is InChI=1S/C56H44N2O/c1-35-51-50-36(2)53-52(35)56(45-22-12-14-24-49(45)59-53)46-32-38(39-18-15-31-57-34-39)25-27-43(46)44-28-26-41(33-47(44)56)58(48-23-13-11-21-42(48)37-16-7-5-8-17-37)55(51,4)30-29-54(50,3)40-19-9-6-10-20-40/h5-36H,1-4H3. The number of rotatable bonds is 4. The van der Waals surface area contributed by atoms with Crippen LogP contribution in [0.3, 0.4) is 0 Å². The van der Waals surface area contributed by atoms with E-state index in [-0.39, 0.29) is 17.3 Å². The van der Waals surface area contributed by atoms with Crippen LogP contribution in [0, 0.1) is 11.8 Å². The number of ether oxygens (including phenoxy) is 1. The molecule has 3 heteroatoms. The van der Waals surface area contributed by atoms with Crippen LogP contribution in [-0.4, -0.2) is 10.5 Å². The number of nitrogens with zero attached hydrogens (tertiary/aromatic N) is 2. The first-order valence-electron chi connectivity index (χ1n) is 21.0. The number of benzene rings is 6. The first kappa shape index (κ1) is 34.3. The maximum atomic E-state index is 7.40. The van der Waals surface area contributed by atoms with E-state index >= 15 is 0 Å². The molecule has 5 unspecified atom stereocenters. The maximum absolute atomic E-state index is 7.40. The largest absolute Gasteiger partial charge is 0.461 e. The van der Waals surface area contributed by atoms with Crippen molar-refractivity contribution >= 4 is 11.4 Å². The van der Waals surface area contributed by atoms with Crippen molar-refractivity contribution in [3.63, 3.8) is 0 Å². The number of hydrogen-bond donors (Lipinski definition) is 0. The van der Waals surface area contributed by atoms with E-state index in [1.165, 1.54) is 78.2 Å². The molecule has 1 aromatic heterocycles. The van der Waals surface area contributed by atoms with Crippen molar-refractivity contribution in [3.8, 4) is 39.1 Å². The Bertz CT molecular complexity index is 2980. The molecule has 0 radical (unpaired) electrons. The molecule has 6 aromatic carbocycles. The molecule has 3 aliphatic carbocycles. The Kier molecular flexibility index (Phi) is 7.08. The number of allylic oxidation sites excluding steroid dienone is 3. The SMILES string of the molecule is CC1C2=C3C(C)C4=C1C(C)(c1ccccc1)C=CC4(C)N(c1ccccc1-c1ccccc1)c1ccc4c(c1)C3(c1ccccc1O2)c1cc(-c2cccnc2)ccc1-4. The molecule has 5 atom stereocenters. The Morgan fingerprint density at radius 2 is 1.24 bits per heavy atom. The Balaban J connectivity index is 1.25. The zero-order chi connectivity index (χ0) is 39.7. The van der Waals surface area contributed by atoms with E-state index in [1.54, 1.807) is 0 Å². The lowest BCUT2D eigenvalue weighted by Crippen LogP contribution is -2.53. The fourth-order valence-corrected chi connectivity index (χ4v) is 12.1. The number of fused-ring (bicyclic) bond motifs is 4. The van der Waals surface area contributed by atoms with Crippen LogP contribution in [0.25, 0.3) is 33.4 Å². The van der Waals surface area contributed by atoms with Crippen LogP contribution in [0.1, 0.15) is 49.9 Å². The molecule has 3 nitrogen and oxygen atoms in total. The molecule has 0 N–H and O–H groups in total. The topological polar surface area (TPSA) is 25.4 Å². The van der Waals surface area contributed by atoms with Crippen molar-refractivity contribution in [2.75, 3.05) is 4.90 Å². The Labute approximate surface area is 346 Å². The molecule has 3 heterocycles. The minimum atomic E-state index is -0.602. The molecular formula is C56H44N2O. The number of anilines is 2. The van der Waals surface area contributed by atoms with Gasteiger partial charge in [-0.25, -0.2) is 0 Å². The highest BCUT2D eigenvalue weighted by molar-refractivity contribution is 5.94. The zero-order valence-electron chi connectivity index (χ0n) is 33.8. The summed E-state index contributed by atoms with van der Waals surface area (Å²) >= 11 is 0. The molecule has 59 heavy (non-hydrogen) atoms. The van der Waals surface area contributed by atoms with Gasteiger partial charge in [0.15, 0.2) is 0 Å². The lowest BCUT2D eigenvalue weighted by Gasteiger charge is -2.56. The van der Waals surface area contributed by atoms with Crippen molar-refractivity contribution in [2.24, 2.45) is 11.8 Å². The van der Waals surface area contributed by atoms with Gasteiger partial charge in [0, 0.05) is 46.5 Å². The highest BCUT2D eigenvalue weighted by atomic mass is 16.5. The summed E-state index contributed by atoms with van der Waals surface area (Å²) in [4.78, 5) is 7.22. The minimum Gasteiger partial charge on any atom is -0.461 e. The summed E-state index contributed by atoms with van der Waals surface area (Å²) in [5.74, 6) is 2.01. The third-order valence-electron chi connectivity index (χ3n) is 14.5. The van der Waals surface area contributed by atoms with Gasteiger partial charge in [-0.2, -0.15) is 0 Å². The summed E-state index contributed by atoms with van der Waals surface area (Å²) in [5, 5.41) is 0. The first-order valence-corrected chi connectivity index (χ1v) is 21.0. The third kappa shape index (κ3) is 4.40. The van der Waals surface area contributed by atoms with Gasteiger partial charge in [-0.3, -0.25) is 4.98 Å². The molecule has 2 aliphatic heterocycles. The number of hydrogen-bond acceptors (Lipinski definition) is 3. The first-order chi connectivity index (χ1) is 28.8. The Morgan fingerprint density at radius 1 is 0.542 bits per heavy atom. The Hall–Kier alpha value is -6.71. The average Bonchev–Trinajstić information content (AvgIpc) is 3.56. The van der Waals surface area contributed by atoms with E-state index < -0.39 is 11.0 Å². The summed E-state index contributed by atoms with van der Waals surface area (Å²) in [5.41, 5.74) is 17.4. The predicted octanol–water partition coefficient (Wildman–Crippen LogP) is 13.4. The zero-order valence-corrected chi connectivity index (χ0v) is 33.8. The van der Waals surface area contributed by atoms with Crippen molar-refractivity contribution in [1.29, 1.82) is 0 Å². The second-order valence-corrected chi connectivity index (χ2v) is 17.4. The van der Waals surface area contributed by atoms with Crippen molar-refractivity contribution in [3.05, 3.63) is 227 Å². The third-order valence-corrected chi connectivity index (χ3v) is 14.5. The van der Waals surface area contributed by atoms with Gasteiger partial charge < -0.3 is 9.64 Å². The van der Waals surface area contributed by atoms with Crippen LogP contribution < -0.4 is 9.64 Å². The van der Waals surface area contributed by atoms with Gasteiger partial charge >= 0.3 is 0 Å². The summed E-state index contributed by atoms with van der Waals surface area (Å²) in [7, 11) is 0. The number of para-hydroxylation sites is 2. The van der Waals surface area contributed by atoms with Gasteiger partial charge in [-0.05, 0) is 111 Å². The molecule has 0 amide bonds. The molecule has 0 saturated heterocycles. The number of pyridine rings is 1. The van der Waals surface area contributed by atoms with E-state index in [1.807, 2.05) is 18.5 Å².